The van der Waals surface area contributed by atoms with Crippen LogP contribution in [-0.4, -0.2) is 0 Å². The summed E-state index contributed by atoms with van der Waals surface area (Å²) in [6, 6.07) is 12.6. The molecule has 0 aliphatic carbocycles. The van der Waals surface area contributed by atoms with E-state index in [0.717, 1.165) is 5.69 Å². The number of benzene rings is 2. The predicted octanol–water partition coefficient (Wildman–Crippen LogP) is 4.35. The third-order valence-electron chi connectivity index (χ3n) is 2.78. The Bertz CT molecular complexity index is 497. The van der Waals surface area contributed by atoms with E-state index < -0.39 is 0 Å². The standard InChI is InChI=1S/C15H17NS/c1-10-4-5-11(2)14(8-10)17-15-9-13(16)7-6-12(15)3/h4-9H,16H2,1-3H3. The molecule has 0 aliphatic heterocycles. The van der Waals surface area contributed by atoms with Crippen LogP contribution in [0.2, 0.25) is 0 Å². The Morgan fingerprint density at radius 3 is 2.12 bits per heavy atom. The Balaban J connectivity index is 2.37. The zero-order valence-electron chi connectivity index (χ0n) is 10.4. The Kier molecular flexibility index (Phi) is 3.43. The highest BCUT2D eigenvalue weighted by molar-refractivity contribution is 7.99. The first kappa shape index (κ1) is 12.1. The van der Waals surface area contributed by atoms with Gasteiger partial charge in [-0.15, -0.1) is 0 Å². The molecule has 0 fully saturated rings. The summed E-state index contributed by atoms with van der Waals surface area (Å²) in [5, 5.41) is 0. The van der Waals surface area contributed by atoms with E-state index >= 15 is 0 Å². The van der Waals surface area contributed by atoms with Crippen LogP contribution in [0.3, 0.4) is 0 Å². The molecule has 88 valence electrons. The molecule has 0 bridgehead atoms. The maximum atomic E-state index is 5.84. The first-order valence-electron chi connectivity index (χ1n) is 5.67. The summed E-state index contributed by atoms with van der Waals surface area (Å²) in [6.07, 6.45) is 0. The fourth-order valence-corrected chi connectivity index (χ4v) is 2.80. The summed E-state index contributed by atoms with van der Waals surface area (Å²) in [5.41, 5.74) is 10.5. The van der Waals surface area contributed by atoms with Gasteiger partial charge in [0.25, 0.3) is 0 Å². The molecule has 0 spiro atoms. The number of hydrogen-bond donors (Lipinski definition) is 1. The second kappa shape index (κ2) is 4.84. The van der Waals surface area contributed by atoms with Crippen LogP contribution < -0.4 is 5.73 Å². The molecule has 0 unspecified atom stereocenters. The fraction of sp³-hybridized carbons (Fsp3) is 0.200. The van der Waals surface area contributed by atoms with Crippen molar-refractivity contribution < 1.29 is 0 Å². The molecular formula is C15H17NS. The third kappa shape index (κ3) is 2.83. The van der Waals surface area contributed by atoms with Gasteiger partial charge in [0, 0.05) is 15.5 Å². The third-order valence-corrected chi connectivity index (χ3v) is 4.10. The van der Waals surface area contributed by atoms with Gasteiger partial charge >= 0.3 is 0 Å². The molecule has 0 amide bonds. The van der Waals surface area contributed by atoms with Crippen molar-refractivity contribution in [1.82, 2.24) is 0 Å². The molecule has 0 radical (unpaired) electrons. The highest BCUT2D eigenvalue weighted by Gasteiger charge is 2.04. The molecule has 0 saturated carbocycles. The lowest BCUT2D eigenvalue weighted by Gasteiger charge is -2.09. The Labute approximate surface area is 107 Å². The molecule has 2 aromatic rings. The molecular weight excluding hydrogens is 226 g/mol. The van der Waals surface area contributed by atoms with Crippen LogP contribution in [0.4, 0.5) is 5.69 Å². The van der Waals surface area contributed by atoms with Gasteiger partial charge in [0.05, 0.1) is 0 Å². The average molecular weight is 243 g/mol. The summed E-state index contributed by atoms with van der Waals surface area (Å²) >= 11 is 1.79. The monoisotopic (exact) mass is 243 g/mol. The van der Waals surface area contributed by atoms with E-state index in [0.29, 0.717) is 0 Å². The maximum Gasteiger partial charge on any atom is 0.0325 e. The van der Waals surface area contributed by atoms with Crippen molar-refractivity contribution >= 4 is 17.4 Å². The van der Waals surface area contributed by atoms with Crippen molar-refractivity contribution in [2.75, 3.05) is 5.73 Å². The number of aryl methyl sites for hydroxylation is 3. The average Bonchev–Trinajstić information content (AvgIpc) is 2.28. The van der Waals surface area contributed by atoms with Crippen molar-refractivity contribution in [1.29, 1.82) is 0 Å². The molecule has 17 heavy (non-hydrogen) atoms. The SMILES string of the molecule is Cc1ccc(C)c(Sc2cc(N)ccc2C)c1. The highest BCUT2D eigenvalue weighted by atomic mass is 32.2. The lowest BCUT2D eigenvalue weighted by atomic mass is 10.2. The zero-order valence-corrected chi connectivity index (χ0v) is 11.3. The largest absolute Gasteiger partial charge is 0.399 e. The molecule has 0 saturated heterocycles. The minimum absolute atomic E-state index is 0.823. The first-order valence-corrected chi connectivity index (χ1v) is 6.49. The summed E-state index contributed by atoms with van der Waals surface area (Å²) in [5.74, 6) is 0. The van der Waals surface area contributed by atoms with Gasteiger partial charge in [-0.05, 0) is 55.7 Å². The van der Waals surface area contributed by atoms with Crippen molar-refractivity contribution in [2.45, 2.75) is 30.6 Å². The molecule has 0 aromatic heterocycles. The first-order chi connectivity index (χ1) is 8.06. The van der Waals surface area contributed by atoms with Crippen LogP contribution in [0.1, 0.15) is 16.7 Å². The van der Waals surface area contributed by atoms with E-state index in [-0.39, 0.29) is 0 Å². The van der Waals surface area contributed by atoms with E-state index in [1.165, 1.54) is 26.5 Å². The summed E-state index contributed by atoms with van der Waals surface area (Å²) in [6.45, 7) is 6.38. The summed E-state index contributed by atoms with van der Waals surface area (Å²) < 4.78 is 0. The van der Waals surface area contributed by atoms with Gasteiger partial charge in [0.15, 0.2) is 0 Å². The van der Waals surface area contributed by atoms with Crippen LogP contribution in [0.15, 0.2) is 46.2 Å². The Morgan fingerprint density at radius 2 is 1.41 bits per heavy atom. The zero-order chi connectivity index (χ0) is 12.4. The van der Waals surface area contributed by atoms with E-state index in [2.05, 4.69) is 45.0 Å². The summed E-state index contributed by atoms with van der Waals surface area (Å²) in [7, 11) is 0. The van der Waals surface area contributed by atoms with Crippen molar-refractivity contribution in [3.8, 4) is 0 Å². The quantitative estimate of drug-likeness (QED) is 0.794. The van der Waals surface area contributed by atoms with Gasteiger partial charge in [-0.1, -0.05) is 30.0 Å². The number of hydrogen-bond acceptors (Lipinski definition) is 2. The van der Waals surface area contributed by atoms with Gasteiger partial charge in [0.2, 0.25) is 0 Å². The molecule has 0 atom stereocenters. The van der Waals surface area contributed by atoms with E-state index in [1.54, 1.807) is 11.8 Å². The molecule has 2 aromatic carbocycles. The van der Waals surface area contributed by atoms with Gasteiger partial charge in [-0.3, -0.25) is 0 Å². The van der Waals surface area contributed by atoms with Gasteiger partial charge in [-0.25, -0.2) is 0 Å². The van der Waals surface area contributed by atoms with E-state index in [9.17, 15) is 0 Å². The van der Waals surface area contributed by atoms with Crippen LogP contribution in [-0.2, 0) is 0 Å². The molecule has 0 aliphatic rings. The van der Waals surface area contributed by atoms with E-state index in [4.69, 9.17) is 5.73 Å². The Hall–Kier alpha value is -1.41. The topological polar surface area (TPSA) is 26.0 Å². The van der Waals surface area contributed by atoms with E-state index in [1.807, 2.05) is 12.1 Å². The number of nitrogens with two attached hydrogens (primary N) is 1. The molecule has 0 heterocycles. The normalized spacial score (nSPS) is 10.5. The second-order valence-corrected chi connectivity index (χ2v) is 5.48. The second-order valence-electron chi connectivity index (χ2n) is 4.40. The minimum Gasteiger partial charge on any atom is -0.399 e. The van der Waals surface area contributed by atoms with Crippen LogP contribution in [0.5, 0.6) is 0 Å². The fourth-order valence-electron chi connectivity index (χ4n) is 1.66. The van der Waals surface area contributed by atoms with Gasteiger partial charge < -0.3 is 5.73 Å². The number of nitrogen functional groups attached to an aromatic ring is 1. The smallest absolute Gasteiger partial charge is 0.0325 e. The van der Waals surface area contributed by atoms with Gasteiger partial charge in [-0.2, -0.15) is 0 Å². The molecule has 1 nitrogen and oxygen atoms in total. The van der Waals surface area contributed by atoms with Crippen molar-refractivity contribution in [2.24, 2.45) is 0 Å². The maximum absolute atomic E-state index is 5.84. The lowest BCUT2D eigenvalue weighted by Crippen LogP contribution is -1.88. The van der Waals surface area contributed by atoms with Crippen molar-refractivity contribution in [3.63, 3.8) is 0 Å². The molecule has 2 heteroatoms. The summed E-state index contributed by atoms with van der Waals surface area (Å²) in [4.78, 5) is 2.54. The lowest BCUT2D eigenvalue weighted by molar-refractivity contribution is 1.24. The molecule has 2 N–H and O–H groups in total. The van der Waals surface area contributed by atoms with Crippen molar-refractivity contribution in [3.05, 3.63) is 53.1 Å². The Morgan fingerprint density at radius 1 is 0.824 bits per heavy atom. The van der Waals surface area contributed by atoms with Gasteiger partial charge in [0.1, 0.15) is 0 Å². The molecule has 2 rings (SSSR count). The number of rotatable bonds is 2. The van der Waals surface area contributed by atoms with Crippen LogP contribution in [0.25, 0.3) is 0 Å². The predicted molar refractivity (Wildman–Crippen MR) is 75.6 cm³/mol. The highest BCUT2D eigenvalue weighted by Crippen LogP contribution is 2.33. The van der Waals surface area contributed by atoms with Crippen LogP contribution >= 0.6 is 11.8 Å². The minimum atomic E-state index is 0.823. The number of anilines is 1. The van der Waals surface area contributed by atoms with Crippen LogP contribution in [0, 0.1) is 20.8 Å².